The van der Waals surface area contributed by atoms with Crippen LogP contribution in [0.5, 0.6) is 0 Å². The van der Waals surface area contributed by atoms with E-state index in [-0.39, 0.29) is 5.82 Å². The van der Waals surface area contributed by atoms with E-state index in [1.54, 1.807) is 19.1 Å². The van der Waals surface area contributed by atoms with Crippen LogP contribution >= 0.6 is 0 Å². The highest BCUT2D eigenvalue weighted by molar-refractivity contribution is 5.65. The Labute approximate surface area is 124 Å². The Kier molecular flexibility index (Phi) is 5.09. The monoisotopic (exact) mass is 288 g/mol. The van der Waals surface area contributed by atoms with E-state index in [2.05, 4.69) is 27.5 Å². The van der Waals surface area contributed by atoms with Crippen LogP contribution in [0.4, 0.5) is 21.7 Å². The summed E-state index contributed by atoms with van der Waals surface area (Å²) in [7, 11) is 0. The van der Waals surface area contributed by atoms with Gasteiger partial charge in [-0.05, 0) is 44.0 Å². The molecule has 0 bridgehead atoms. The summed E-state index contributed by atoms with van der Waals surface area (Å²) in [4.78, 5) is 8.63. The largest absolute Gasteiger partial charge is 0.370 e. The van der Waals surface area contributed by atoms with Crippen molar-refractivity contribution in [2.45, 2.75) is 33.6 Å². The van der Waals surface area contributed by atoms with Gasteiger partial charge in [0, 0.05) is 17.8 Å². The quantitative estimate of drug-likeness (QED) is 0.842. The van der Waals surface area contributed by atoms with Crippen LogP contribution in [0.25, 0.3) is 0 Å². The summed E-state index contributed by atoms with van der Waals surface area (Å²) in [5.74, 6) is 1.43. The average molecular weight is 288 g/mol. The molecule has 4 nitrogen and oxygen atoms in total. The van der Waals surface area contributed by atoms with E-state index in [1.165, 1.54) is 12.4 Å². The summed E-state index contributed by atoms with van der Waals surface area (Å²) in [5.41, 5.74) is 2.49. The number of benzene rings is 1. The second kappa shape index (κ2) is 7.02. The Morgan fingerprint density at radius 1 is 1.14 bits per heavy atom. The van der Waals surface area contributed by atoms with Gasteiger partial charge in [-0.15, -0.1) is 0 Å². The van der Waals surface area contributed by atoms with E-state index in [0.29, 0.717) is 5.56 Å². The molecule has 5 heteroatoms. The molecule has 0 aliphatic heterocycles. The molecule has 1 aromatic heterocycles. The van der Waals surface area contributed by atoms with Gasteiger partial charge in [0.2, 0.25) is 0 Å². The minimum atomic E-state index is -0.203. The van der Waals surface area contributed by atoms with E-state index in [1.807, 2.05) is 6.92 Å². The highest BCUT2D eigenvalue weighted by Crippen LogP contribution is 2.25. The Balaban J connectivity index is 2.33. The highest BCUT2D eigenvalue weighted by Gasteiger charge is 2.11. The van der Waals surface area contributed by atoms with Crippen LogP contribution in [-0.4, -0.2) is 16.5 Å². The van der Waals surface area contributed by atoms with E-state index in [4.69, 9.17) is 0 Å². The molecule has 21 heavy (non-hydrogen) atoms. The summed E-state index contributed by atoms with van der Waals surface area (Å²) in [6, 6.07) is 4.96. The van der Waals surface area contributed by atoms with Gasteiger partial charge in [-0.1, -0.05) is 13.3 Å². The molecule has 0 saturated carbocycles. The van der Waals surface area contributed by atoms with E-state index in [9.17, 15) is 4.39 Å². The molecule has 2 aromatic rings. The molecule has 2 N–H and O–H groups in total. The fourth-order valence-electron chi connectivity index (χ4n) is 2.19. The van der Waals surface area contributed by atoms with Crippen LogP contribution < -0.4 is 10.6 Å². The molecule has 1 heterocycles. The number of nitrogens with zero attached hydrogens (tertiary/aromatic N) is 2. The summed E-state index contributed by atoms with van der Waals surface area (Å²) in [5, 5.41) is 6.52. The van der Waals surface area contributed by atoms with Crippen LogP contribution in [0.15, 0.2) is 24.5 Å². The summed E-state index contributed by atoms with van der Waals surface area (Å²) in [6.07, 6.45) is 3.42. The first-order valence-corrected chi connectivity index (χ1v) is 7.26. The predicted octanol–water partition coefficient (Wildman–Crippen LogP) is 4.05. The highest BCUT2D eigenvalue weighted by atomic mass is 19.1. The van der Waals surface area contributed by atoms with Crippen molar-refractivity contribution in [1.82, 2.24) is 9.97 Å². The van der Waals surface area contributed by atoms with Gasteiger partial charge < -0.3 is 10.6 Å². The average Bonchev–Trinajstić information content (AvgIpc) is 2.46. The summed E-state index contributed by atoms with van der Waals surface area (Å²) >= 11 is 0. The second-order valence-electron chi connectivity index (χ2n) is 4.92. The molecule has 0 aliphatic rings. The van der Waals surface area contributed by atoms with Crippen LogP contribution in [0, 0.1) is 12.7 Å². The fourth-order valence-corrected chi connectivity index (χ4v) is 2.19. The fraction of sp³-hybridized carbons (Fsp3) is 0.375. The van der Waals surface area contributed by atoms with E-state index in [0.717, 1.165) is 42.3 Å². The Bertz CT molecular complexity index is 613. The standard InChI is InChI=1S/C16H21FN4/c1-4-6-13-15(18-5-2)19-10-20-16(13)21-12-7-8-14(17)11(3)9-12/h7-10H,4-6H2,1-3H3,(H2,18,19,20,21). The van der Waals surface area contributed by atoms with Gasteiger partial charge in [0.25, 0.3) is 0 Å². The van der Waals surface area contributed by atoms with Gasteiger partial charge in [0.1, 0.15) is 23.8 Å². The third-order valence-electron chi connectivity index (χ3n) is 3.21. The lowest BCUT2D eigenvalue weighted by Crippen LogP contribution is -2.08. The molecule has 0 saturated heterocycles. The molecule has 112 valence electrons. The molecular formula is C16H21FN4. The minimum absolute atomic E-state index is 0.203. The number of anilines is 3. The Morgan fingerprint density at radius 2 is 1.90 bits per heavy atom. The first kappa shape index (κ1) is 15.2. The smallest absolute Gasteiger partial charge is 0.139 e. The van der Waals surface area contributed by atoms with Gasteiger partial charge in [-0.2, -0.15) is 0 Å². The maximum atomic E-state index is 13.3. The molecule has 0 fully saturated rings. The zero-order valence-corrected chi connectivity index (χ0v) is 12.7. The molecule has 0 atom stereocenters. The number of aromatic nitrogens is 2. The minimum Gasteiger partial charge on any atom is -0.370 e. The van der Waals surface area contributed by atoms with Crippen molar-refractivity contribution < 1.29 is 4.39 Å². The zero-order chi connectivity index (χ0) is 15.2. The number of hydrogen-bond acceptors (Lipinski definition) is 4. The molecule has 0 amide bonds. The SMILES string of the molecule is CCCc1c(NCC)ncnc1Nc1ccc(F)c(C)c1. The zero-order valence-electron chi connectivity index (χ0n) is 12.7. The lowest BCUT2D eigenvalue weighted by Gasteiger charge is -2.15. The van der Waals surface area contributed by atoms with Crippen LogP contribution in [-0.2, 0) is 6.42 Å². The van der Waals surface area contributed by atoms with Gasteiger partial charge >= 0.3 is 0 Å². The topological polar surface area (TPSA) is 49.8 Å². The maximum absolute atomic E-state index is 13.3. The van der Waals surface area contributed by atoms with Gasteiger partial charge in [-0.25, -0.2) is 14.4 Å². The Morgan fingerprint density at radius 3 is 2.57 bits per heavy atom. The molecule has 1 aromatic carbocycles. The van der Waals surface area contributed by atoms with Crippen molar-refractivity contribution in [2.24, 2.45) is 0 Å². The summed E-state index contributed by atoms with van der Waals surface area (Å²) in [6.45, 7) is 6.71. The first-order chi connectivity index (χ1) is 10.2. The molecule has 0 radical (unpaired) electrons. The van der Waals surface area contributed by atoms with Crippen LogP contribution in [0.3, 0.4) is 0 Å². The van der Waals surface area contributed by atoms with Crippen molar-refractivity contribution in [1.29, 1.82) is 0 Å². The van der Waals surface area contributed by atoms with Crippen molar-refractivity contribution in [2.75, 3.05) is 17.2 Å². The maximum Gasteiger partial charge on any atom is 0.139 e. The van der Waals surface area contributed by atoms with Gasteiger partial charge in [0.15, 0.2) is 0 Å². The first-order valence-electron chi connectivity index (χ1n) is 7.26. The second-order valence-corrected chi connectivity index (χ2v) is 4.92. The van der Waals surface area contributed by atoms with Gasteiger partial charge in [-0.3, -0.25) is 0 Å². The van der Waals surface area contributed by atoms with Crippen LogP contribution in [0.2, 0.25) is 0 Å². The molecular weight excluding hydrogens is 267 g/mol. The van der Waals surface area contributed by atoms with Gasteiger partial charge in [0.05, 0.1) is 0 Å². The number of hydrogen-bond donors (Lipinski definition) is 2. The number of rotatable bonds is 6. The Hall–Kier alpha value is -2.17. The molecule has 0 unspecified atom stereocenters. The summed E-state index contributed by atoms with van der Waals surface area (Å²) < 4.78 is 13.3. The van der Waals surface area contributed by atoms with Crippen molar-refractivity contribution in [3.8, 4) is 0 Å². The van der Waals surface area contributed by atoms with Crippen molar-refractivity contribution in [3.05, 3.63) is 41.5 Å². The number of nitrogens with one attached hydrogen (secondary N) is 2. The third-order valence-corrected chi connectivity index (χ3v) is 3.21. The van der Waals surface area contributed by atoms with Crippen molar-refractivity contribution >= 4 is 17.3 Å². The third kappa shape index (κ3) is 3.68. The molecule has 0 aliphatic carbocycles. The van der Waals surface area contributed by atoms with E-state index >= 15 is 0 Å². The lowest BCUT2D eigenvalue weighted by molar-refractivity contribution is 0.619. The molecule has 0 spiro atoms. The lowest BCUT2D eigenvalue weighted by atomic mass is 10.1. The van der Waals surface area contributed by atoms with Crippen molar-refractivity contribution in [3.63, 3.8) is 0 Å². The molecule has 2 rings (SSSR count). The normalized spacial score (nSPS) is 10.5. The number of aryl methyl sites for hydroxylation is 1. The number of halogens is 1. The van der Waals surface area contributed by atoms with E-state index < -0.39 is 0 Å². The van der Waals surface area contributed by atoms with Crippen LogP contribution in [0.1, 0.15) is 31.4 Å². The predicted molar refractivity (Wildman–Crippen MR) is 84.6 cm³/mol.